The molecule has 1 aromatic heterocycles. The highest BCUT2D eigenvalue weighted by Gasteiger charge is 2.27. The molecular weight excluding hydrogens is 324 g/mol. The van der Waals surface area contributed by atoms with Crippen LogP contribution in [0, 0.1) is 13.8 Å². The summed E-state index contributed by atoms with van der Waals surface area (Å²) in [5, 5.41) is 0. The smallest absolute Gasteiger partial charge is 0.240 e. The molecule has 1 aliphatic rings. The number of sulfonamides is 1. The molecule has 0 unspecified atom stereocenters. The third-order valence-electron chi connectivity index (χ3n) is 4.50. The summed E-state index contributed by atoms with van der Waals surface area (Å²) < 4.78 is 29.9. The van der Waals surface area contributed by atoms with Crippen molar-refractivity contribution >= 4 is 15.8 Å². The summed E-state index contributed by atoms with van der Waals surface area (Å²) in [6.07, 6.45) is 2.39. The summed E-state index contributed by atoms with van der Waals surface area (Å²) in [4.78, 5) is 11.6. The monoisotopic (exact) mass is 346 g/mol. The minimum Gasteiger partial charge on any atom is -0.346 e. The number of hydrogen-bond acceptors (Lipinski definition) is 3. The number of aromatic nitrogens is 1. The molecule has 2 aromatic rings. The number of carbonyl (C=O) groups excluding carboxylic acids is 1. The van der Waals surface area contributed by atoms with E-state index in [0.717, 1.165) is 11.3 Å². The van der Waals surface area contributed by atoms with Gasteiger partial charge in [-0.1, -0.05) is 12.1 Å². The van der Waals surface area contributed by atoms with E-state index in [-0.39, 0.29) is 17.2 Å². The fraction of sp³-hybridized carbons (Fsp3) is 0.389. The highest BCUT2D eigenvalue weighted by Crippen LogP contribution is 2.38. The van der Waals surface area contributed by atoms with Gasteiger partial charge >= 0.3 is 0 Å². The van der Waals surface area contributed by atoms with Crippen molar-refractivity contribution in [2.24, 2.45) is 0 Å². The van der Waals surface area contributed by atoms with Gasteiger partial charge in [0.15, 0.2) is 5.78 Å². The molecule has 0 atom stereocenters. The Kier molecular flexibility index (Phi) is 4.36. The van der Waals surface area contributed by atoms with E-state index < -0.39 is 10.0 Å². The van der Waals surface area contributed by atoms with Crippen LogP contribution < -0.4 is 4.72 Å². The van der Waals surface area contributed by atoms with Gasteiger partial charge in [0.25, 0.3) is 0 Å². The van der Waals surface area contributed by atoms with Crippen molar-refractivity contribution in [1.82, 2.24) is 9.29 Å². The van der Waals surface area contributed by atoms with E-state index in [1.807, 2.05) is 13.0 Å². The van der Waals surface area contributed by atoms with Crippen LogP contribution in [0.2, 0.25) is 0 Å². The van der Waals surface area contributed by atoms with E-state index in [0.29, 0.717) is 11.6 Å². The van der Waals surface area contributed by atoms with Gasteiger partial charge < -0.3 is 4.57 Å². The Morgan fingerprint density at radius 2 is 1.96 bits per heavy atom. The average molecular weight is 346 g/mol. The minimum atomic E-state index is -3.65. The van der Waals surface area contributed by atoms with E-state index >= 15 is 0 Å². The van der Waals surface area contributed by atoms with E-state index in [1.165, 1.54) is 37.6 Å². The molecule has 1 aromatic carbocycles. The minimum absolute atomic E-state index is 0.117. The maximum atomic E-state index is 12.5. The van der Waals surface area contributed by atoms with Crippen molar-refractivity contribution in [2.75, 3.05) is 0 Å². The van der Waals surface area contributed by atoms with Gasteiger partial charge in [-0.25, -0.2) is 13.1 Å². The predicted octanol–water partition coefficient (Wildman–Crippen LogP) is 3.12. The number of ketones is 1. The van der Waals surface area contributed by atoms with Crippen molar-refractivity contribution in [1.29, 1.82) is 0 Å². The summed E-state index contributed by atoms with van der Waals surface area (Å²) in [5.41, 5.74) is 3.67. The Labute approximate surface area is 142 Å². The number of nitrogens with zero attached hydrogens (tertiary/aromatic N) is 1. The van der Waals surface area contributed by atoms with Crippen LogP contribution in [-0.4, -0.2) is 18.8 Å². The fourth-order valence-corrected chi connectivity index (χ4v) is 4.11. The number of Topliss-reactive ketones (excluding diaryl/α,β-unsaturated/α-hetero) is 1. The van der Waals surface area contributed by atoms with Gasteiger partial charge in [-0.3, -0.25) is 4.79 Å². The second-order valence-corrected chi connectivity index (χ2v) is 8.17. The molecule has 128 valence electrons. The lowest BCUT2D eigenvalue weighted by Crippen LogP contribution is -2.23. The number of carbonyl (C=O) groups is 1. The van der Waals surface area contributed by atoms with Crippen LogP contribution in [0.4, 0.5) is 0 Å². The standard InChI is InChI=1S/C18H22N2O3S/c1-12-9-16(13(2)20(12)17-7-8-17)11-19-24(22,23)18-6-4-5-15(10-18)14(3)21/h4-6,9-10,17,19H,7-8,11H2,1-3H3. The summed E-state index contributed by atoms with van der Waals surface area (Å²) >= 11 is 0. The summed E-state index contributed by atoms with van der Waals surface area (Å²) in [6.45, 7) is 5.76. The van der Waals surface area contributed by atoms with Crippen LogP contribution >= 0.6 is 0 Å². The molecule has 1 saturated carbocycles. The van der Waals surface area contributed by atoms with Crippen LogP contribution in [0.1, 0.15) is 53.1 Å². The van der Waals surface area contributed by atoms with Gasteiger partial charge in [-0.15, -0.1) is 0 Å². The van der Waals surface area contributed by atoms with Crippen LogP contribution in [0.25, 0.3) is 0 Å². The molecule has 0 amide bonds. The van der Waals surface area contributed by atoms with Crippen molar-refractivity contribution in [3.63, 3.8) is 0 Å². The van der Waals surface area contributed by atoms with Crippen LogP contribution in [0.15, 0.2) is 35.2 Å². The number of rotatable bonds is 6. The first-order valence-corrected chi connectivity index (χ1v) is 9.56. The summed E-state index contributed by atoms with van der Waals surface area (Å²) in [7, 11) is -3.65. The summed E-state index contributed by atoms with van der Waals surface area (Å²) in [5.74, 6) is -0.153. The lowest BCUT2D eigenvalue weighted by molar-refractivity contribution is 0.101. The van der Waals surface area contributed by atoms with Gasteiger partial charge in [0.05, 0.1) is 4.90 Å². The lowest BCUT2D eigenvalue weighted by atomic mass is 10.2. The topological polar surface area (TPSA) is 68.2 Å². The van der Waals surface area contributed by atoms with Crippen molar-refractivity contribution in [3.05, 3.63) is 52.8 Å². The fourth-order valence-electron chi connectivity index (χ4n) is 3.06. The van der Waals surface area contributed by atoms with E-state index in [9.17, 15) is 13.2 Å². The molecule has 1 heterocycles. The van der Waals surface area contributed by atoms with Crippen LogP contribution in [-0.2, 0) is 16.6 Å². The van der Waals surface area contributed by atoms with Crippen LogP contribution in [0.5, 0.6) is 0 Å². The van der Waals surface area contributed by atoms with Crippen molar-refractivity contribution in [2.45, 2.75) is 51.1 Å². The van der Waals surface area contributed by atoms with E-state index in [4.69, 9.17) is 0 Å². The van der Waals surface area contributed by atoms with E-state index in [2.05, 4.69) is 16.2 Å². The molecule has 24 heavy (non-hydrogen) atoms. The SMILES string of the molecule is CC(=O)c1cccc(S(=O)(=O)NCc2cc(C)n(C3CC3)c2C)c1. The molecule has 0 radical (unpaired) electrons. The van der Waals surface area contributed by atoms with Gasteiger partial charge in [-0.2, -0.15) is 0 Å². The molecule has 0 aliphatic heterocycles. The van der Waals surface area contributed by atoms with Gasteiger partial charge in [0.1, 0.15) is 0 Å². The maximum absolute atomic E-state index is 12.5. The number of benzene rings is 1. The van der Waals surface area contributed by atoms with Crippen LogP contribution in [0.3, 0.4) is 0 Å². The lowest BCUT2D eigenvalue weighted by Gasteiger charge is -2.09. The Balaban J connectivity index is 1.80. The maximum Gasteiger partial charge on any atom is 0.240 e. The zero-order valence-electron chi connectivity index (χ0n) is 14.2. The predicted molar refractivity (Wildman–Crippen MR) is 92.6 cm³/mol. The second kappa shape index (κ2) is 6.18. The molecule has 6 heteroatoms. The highest BCUT2D eigenvalue weighted by molar-refractivity contribution is 7.89. The quantitative estimate of drug-likeness (QED) is 0.817. The van der Waals surface area contributed by atoms with E-state index in [1.54, 1.807) is 12.1 Å². The second-order valence-electron chi connectivity index (χ2n) is 6.41. The molecule has 1 aliphatic carbocycles. The zero-order valence-corrected chi connectivity index (χ0v) is 15.0. The van der Waals surface area contributed by atoms with Gasteiger partial charge in [0, 0.05) is 29.5 Å². The van der Waals surface area contributed by atoms with Crippen molar-refractivity contribution < 1.29 is 13.2 Å². The molecule has 0 saturated heterocycles. The largest absolute Gasteiger partial charge is 0.346 e. The normalized spacial score (nSPS) is 14.8. The Hall–Kier alpha value is -1.92. The molecule has 1 N–H and O–H groups in total. The number of aryl methyl sites for hydroxylation is 1. The first-order valence-electron chi connectivity index (χ1n) is 8.07. The molecule has 1 fully saturated rings. The molecule has 5 nitrogen and oxygen atoms in total. The Morgan fingerprint density at radius 3 is 2.58 bits per heavy atom. The molecule has 0 bridgehead atoms. The highest BCUT2D eigenvalue weighted by atomic mass is 32.2. The first-order chi connectivity index (χ1) is 11.3. The van der Waals surface area contributed by atoms with Gasteiger partial charge in [0.2, 0.25) is 10.0 Å². The summed E-state index contributed by atoms with van der Waals surface area (Å²) in [6, 6.07) is 8.74. The average Bonchev–Trinajstić information content (AvgIpc) is 3.32. The van der Waals surface area contributed by atoms with Gasteiger partial charge in [-0.05, 0) is 57.4 Å². The first kappa shape index (κ1) is 16.9. The number of nitrogens with one attached hydrogen (secondary N) is 1. The zero-order chi connectivity index (χ0) is 17.5. The molecular formula is C18H22N2O3S. The Bertz CT molecular complexity index is 893. The van der Waals surface area contributed by atoms with Crippen molar-refractivity contribution in [3.8, 4) is 0 Å². The Morgan fingerprint density at radius 1 is 1.25 bits per heavy atom. The third-order valence-corrected chi connectivity index (χ3v) is 5.90. The molecule has 3 rings (SSSR count). The third kappa shape index (κ3) is 3.30. The number of hydrogen-bond donors (Lipinski definition) is 1. The molecule has 0 spiro atoms.